The Balaban J connectivity index is 1.90. The summed E-state index contributed by atoms with van der Waals surface area (Å²) in [5, 5.41) is 0. The number of rotatable bonds is 7. The van der Waals surface area contributed by atoms with Gasteiger partial charge < -0.3 is 14.5 Å². The summed E-state index contributed by atoms with van der Waals surface area (Å²) in [6.07, 6.45) is 0. The molecule has 1 fully saturated rings. The third kappa shape index (κ3) is 5.09. The minimum atomic E-state index is -3.69. The zero-order chi connectivity index (χ0) is 20.1. The Bertz CT molecular complexity index is 913. The lowest BCUT2D eigenvalue weighted by Gasteiger charge is -2.35. The number of nitrogens with zero attached hydrogens (tertiary/aromatic N) is 2. The van der Waals surface area contributed by atoms with E-state index >= 15 is 0 Å². The van der Waals surface area contributed by atoms with Gasteiger partial charge in [-0.2, -0.15) is 0 Å². The topological polar surface area (TPSA) is 61.9 Å². The van der Waals surface area contributed by atoms with Crippen LogP contribution >= 0.6 is 22.6 Å². The molecule has 0 aliphatic carbocycles. The van der Waals surface area contributed by atoms with Gasteiger partial charge in [-0.3, -0.25) is 4.72 Å². The minimum absolute atomic E-state index is 0.241. The summed E-state index contributed by atoms with van der Waals surface area (Å²) in [6.45, 7) is 6.01. The number of nitrogens with one attached hydrogen (secondary N) is 1. The first-order valence-corrected chi connectivity index (χ1v) is 12.3. The Morgan fingerprint density at radius 1 is 1.11 bits per heavy atom. The van der Waals surface area contributed by atoms with Gasteiger partial charge in [0.25, 0.3) is 10.0 Å². The second-order valence-corrected chi connectivity index (χ2v) is 9.24. The highest BCUT2D eigenvalue weighted by Gasteiger charge is 2.22. The van der Waals surface area contributed by atoms with Crippen molar-refractivity contribution in [3.05, 3.63) is 48.0 Å². The second kappa shape index (κ2) is 9.32. The summed E-state index contributed by atoms with van der Waals surface area (Å²) >= 11 is 2.26. The normalized spacial score (nSPS) is 15.5. The van der Waals surface area contributed by atoms with Crippen molar-refractivity contribution in [2.75, 3.05) is 49.5 Å². The van der Waals surface area contributed by atoms with Crippen LogP contribution in [0.4, 0.5) is 11.4 Å². The molecule has 0 amide bonds. The van der Waals surface area contributed by atoms with E-state index < -0.39 is 10.0 Å². The van der Waals surface area contributed by atoms with Crippen LogP contribution in [0.3, 0.4) is 0 Å². The van der Waals surface area contributed by atoms with Gasteiger partial charge >= 0.3 is 0 Å². The lowest BCUT2D eigenvalue weighted by Crippen LogP contribution is -2.44. The van der Waals surface area contributed by atoms with E-state index in [1.807, 2.05) is 25.1 Å². The highest BCUT2D eigenvalue weighted by Crippen LogP contribution is 2.32. The van der Waals surface area contributed by atoms with E-state index in [4.69, 9.17) is 4.74 Å². The summed E-state index contributed by atoms with van der Waals surface area (Å²) in [6, 6.07) is 12.6. The van der Waals surface area contributed by atoms with Gasteiger partial charge in [-0.25, -0.2) is 8.42 Å². The van der Waals surface area contributed by atoms with Gasteiger partial charge in [0.2, 0.25) is 0 Å². The smallest absolute Gasteiger partial charge is 0.261 e. The van der Waals surface area contributed by atoms with Crippen molar-refractivity contribution < 1.29 is 13.2 Å². The lowest BCUT2D eigenvalue weighted by molar-refractivity contribution is 0.307. The Hall–Kier alpha value is -1.52. The third-order valence-corrected chi connectivity index (χ3v) is 6.98. The Labute approximate surface area is 181 Å². The van der Waals surface area contributed by atoms with Crippen molar-refractivity contribution in [3.8, 4) is 5.75 Å². The molecule has 8 heteroatoms. The Kier molecular flexibility index (Phi) is 7.05. The summed E-state index contributed by atoms with van der Waals surface area (Å²) < 4.78 is 35.2. The monoisotopic (exact) mass is 515 g/mol. The molecule has 1 heterocycles. The molecule has 3 rings (SSSR count). The number of hydrogen-bond donors (Lipinski definition) is 1. The van der Waals surface area contributed by atoms with E-state index in [-0.39, 0.29) is 4.90 Å². The van der Waals surface area contributed by atoms with Crippen molar-refractivity contribution in [2.45, 2.75) is 16.2 Å². The van der Waals surface area contributed by atoms with Crippen LogP contribution in [0.15, 0.2) is 47.4 Å². The van der Waals surface area contributed by atoms with Crippen LogP contribution in [0.25, 0.3) is 0 Å². The molecular weight excluding hydrogens is 489 g/mol. The fourth-order valence-corrected chi connectivity index (χ4v) is 4.71. The van der Waals surface area contributed by atoms with Gasteiger partial charge in [0.1, 0.15) is 5.75 Å². The molecule has 2 aromatic rings. The average molecular weight is 515 g/mol. The molecule has 2 aromatic carbocycles. The fourth-order valence-electron chi connectivity index (χ4n) is 3.17. The molecule has 0 atom stereocenters. The first kappa shape index (κ1) is 21.2. The van der Waals surface area contributed by atoms with Crippen LogP contribution in [0.2, 0.25) is 0 Å². The Morgan fingerprint density at radius 3 is 2.54 bits per heavy atom. The van der Waals surface area contributed by atoms with Gasteiger partial charge in [0, 0.05) is 36.3 Å². The maximum Gasteiger partial charge on any atom is 0.261 e. The highest BCUT2D eigenvalue weighted by molar-refractivity contribution is 14.1. The molecule has 0 bridgehead atoms. The number of likely N-dealkylation sites (N-methyl/N-ethyl adjacent to an activating group) is 1. The highest BCUT2D eigenvalue weighted by atomic mass is 127. The molecule has 0 spiro atoms. The summed E-state index contributed by atoms with van der Waals surface area (Å²) in [5.74, 6) is 0.720. The first-order valence-electron chi connectivity index (χ1n) is 9.31. The van der Waals surface area contributed by atoms with Crippen LogP contribution < -0.4 is 14.4 Å². The van der Waals surface area contributed by atoms with Gasteiger partial charge in [-0.05, 0) is 49.9 Å². The van der Waals surface area contributed by atoms with E-state index in [0.717, 1.165) is 47.6 Å². The minimum Gasteiger partial charge on any atom is -0.492 e. The van der Waals surface area contributed by atoms with Crippen LogP contribution in [0.5, 0.6) is 5.75 Å². The molecule has 6 nitrogen and oxygen atoms in total. The third-order valence-electron chi connectivity index (χ3n) is 4.72. The van der Waals surface area contributed by atoms with Crippen molar-refractivity contribution in [3.63, 3.8) is 0 Å². The van der Waals surface area contributed by atoms with Crippen LogP contribution in [-0.4, -0.2) is 53.2 Å². The standard InChI is InChI=1S/C20H26IN3O3S/c1-3-27-20-8-7-18(14-19(20)24-11-9-23(2)10-12-24)28(25,26)22-17-6-4-5-16(13-17)15-21/h4-8,13-14,22H,3,9-12,15H2,1-2H3. The summed E-state index contributed by atoms with van der Waals surface area (Å²) in [4.78, 5) is 4.70. The van der Waals surface area contributed by atoms with Crippen molar-refractivity contribution in [1.82, 2.24) is 4.90 Å². The SMILES string of the molecule is CCOc1ccc(S(=O)(=O)Nc2cccc(CI)c2)cc1N1CCN(C)CC1. The molecule has 1 aliphatic heterocycles. The van der Waals surface area contributed by atoms with Gasteiger partial charge in [0.05, 0.1) is 17.2 Å². The summed E-state index contributed by atoms with van der Waals surface area (Å²) in [5.41, 5.74) is 2.48. The average Bonchev–Trinajstić information content (AvgIpc) is 2.69. The number of anilines is 2. The van der Waals surface area contributed by atoms with E-state index in [1.54, 1.807) is 24.3 Å². The van der Waals surface area contributed by atoms with Gasteiger partial charge in [-0.15, -0.1) is 0 Å². The maximum absolute atomic E-state index is 13.0. The molecule has 0 aromatic heterocycles. The number of alkyl halides is 1. The number of hydrogen-bond acceptors (Lipinski definition) is 5. The van der Waals surface area contributed by atoms with Crippen molar-refractivity contribution in [2.24, 2.45) is 0 Å². The zero-order valence-corrected chi connectivity index (χ0v) is 19.2. The fraction of sp³-hybridized carbons (Fsp3) is 0.400. The molecule has 28 heavy (non-hydrogen) atoms. The second-order valence-electron chi connectivity index (χ2n) is 6.79. The number of ether oxygens (including phenoxy) is 1. The Morgan fingerprint density at radius 2 is 1.86 bits per heavy atom. The lowest BCUT2D eigenvalue weighted by atomic mass is 10.2. The quantitative estimate of drug-likeness (QED) is 0.452. The number of sulfonamides is 1. The summed E-state index contributed by atoms with van der Waals surface area (Å²) in [7, 11) is -1.59. The first-order chi connectivity index (χ1) is 13.4. The zero-order valence-electron chi connectivity index (χ0n) is 16.2. The number of piperazine rings is 1. The maximum atomic E-state index is 13.0. The number of halogens is 1. The molecule has 0 unspecified atom stereocenters. The number of benzene rings is 2. The molecule has 152 valence electrons. The van der Waals surface area contributed by atoms with E-state index in [9.17, 15) is 8.42 Å². The van der Waals surface area contributed by atoms with Crippen molar-refractivity contribution >= 4 is 44.0 Å². The van der Waals surface area contributed by atoms with E-state index in [1.165, 1.54) is 0 Å². The molecule has 1 saturated heterocycles. The largest absolute Gasteiger partial charge is 0.492 e. The van der Waals surface area contributed by atoms with Crippen LogP contribution in [0, 0.1) is 0 Å². The molecule has 0 saturated carbocycles. The van der Waals surface area contributed by atoms with Crippen LogP contribution in [0.1, 0.15) is 12.5 Å². The molecule has 1 aliphatic rings. The predicted molar refractivity (Wildman–Crippen MR) is 122 cm³/mol. The van der Waals surface area contributed by atoms with Gasteiger partial charge in [-0.1, -0.05) is 34.7 Å². The van der Waals surface area contributed by atoms with E-state index in [2.05, 4.69) is 44.2 Å². The van der Waals surface area contributed by atoms with E-state index in [0.29, 0.717) is 12.3 Å². The van der Waals surface area contributed by atoms with Crippen LogP contribution in [-0.2, 0) is 14.5 Å². The molecule has 0 radical (unpaired) electrons. The van der Waals surface area contributed by atoms with Crippen molar-refractivity contribution in [1.29, 1.82) is 0 Å². The molecular formula is C20H26IN3O3S. The van der Waals surface area contributed by atoms with Gasteiger partial charge in [0.15, 0.2) is 0 Å². The predicted octanol–water partition coefficient (Wildman–Crippen LogP) is 3.57. The molecule has 1 N–H and O–H groups in total.